The van der Waals surface area contributed by atoms with Gasteiger partial charge in [-0.3, -0.25) is 4.79 Å². The predicted molar refractivity (Wildman–Crippen MR) is 145 cm³/mol. The van der Waals surface area contributed by atoms with E-state index < -0.39 is 5.60 Å². The molecule has 0 spiro atoms. The second-order valence-electron chi connectivity index (χ2n) is 9.17. The number of rotatable bonds is 8. The Morgan fingerprint density at radius 1 is 1.03 bits per heavy atom. The van der Waals surface area contributed by atoms with Gasteiger partial charge in [0.2, 0.25) is 0 Å². The molecule has 1 aromatic heterocycles. The van der Waals surface area contributed by atoms with Gasteiger partial charge in [-0.15, -0.1) is 0 Å². The zero-order chi connectivity index (χ0) is 25.0. The summed E-state index contributed by atoms with van der Waals surface area (Å²) in [5.41, 5.74) is 3.44. The number of aryl methyl sites for hydroxylation is 2. The van der Waals surface area contributed by atoms with Crippen molar-refractivity contribution >= 4 is 57.8 Å². The molecule has 0 aliphatic rings. The predicted octanol–water partition coefficient (Wildman–Crippen LogP) is 7.44. The lowest BCUT2D eigenvalue weighted by Gasteiger charge is -2.26. The van der Waals surface area contributed by atoms with Crippen LogP contribution in [0.4, 0.5) is 5.69 Å². The Bertz CT molecular complexity index is 1300. The summed E-state index contributed by atoms with van der Waals surface area (Å²) in [6.45, 7) is 6.44. The van der Waals surface area contributed by atoms with Crippen LogP contribution in [0.3, 0.4) is 0 Å². The molecule has 0 N–H and O–H groups in total. The Balaban J connectivity index is 1.59. The summed E-state index contributed by atoms with van der Waals surface area (Å²) in [4.78, 5) is 18.1. The lowest BCUT2D eigenvalue weighted by Crippen LogP contribution is -2.31. The summed E-state index contributed by atoms with van der Waals surface area (Å²) in [6, 6.07) is 21.7. The highest BCUT2D eigenvalue weighted by molar-refractivity contribution is 8.00. The van der Waals surface area contributed by atoms with Crippen LogP contribution >= 0.6 is 35.1 Å². The van der Waals surface area contributed by atoms with Gasteiger partial charge in [0.05, 0.1) is 23.0 Å². The number of carbonyl (C=O) groups excluding carboxylic acids is 1. The topological polar surface area (TPSA) is 47.4 Å². The number of fused-ring (bicyclic) bond motifs is 1. The van der Waals surface area contributed by atoms with Crippen LogP contribution in [0.25, 0.3) is 11.0 Å². The summed E-state index contributed by atoms with van der Waals surface area (Å²) < 4.78 is 9.60. The quantitative estimate of drug-likeness (QED) is 0.176. The molecule has 4 aromatic rings. The molecule has 0 aliphatic carbocycles. The maximum atomic E-state index is 12.7. The molecule has 3 aromatic carbocycles. The fraction of sp³-hybridized carbons (Fsp3) is 0.259. The SMILES string of the molecule is CC(C)(C)OC(=O)CN(Sc1cc(Cl)cc(Cl)c1)c1ccc2c(c1)ncn2CCc1ccccc1. The van der Waals surface area contributed by atoms with Crippen molar-refractivity contribution in [2.45, 2.75) is 44.2 Å². The first kappa shape index (κ1) is 25.4. The van der Waals surface area contributed by atoms with Gasteiger partial charge in [-0.05, 0) is 81.1 Å². The van der Waals surface area contributed by atoms with Crippen molar-refractivity contribution in [1.82, 2.24) is 9.55 Å². The molecule has 8 heteroatoms. The fourth-order valence-corrected chi connectivity index (χ4v) is 5.31. The Morgan fingerprint density at radius 2 is 1.74 bits per heavy atom. The molecular weight excluding hydrogens is 501 g/mol. The minimum Gasteiger partial charge on any atom is -0.459 e. The van der Waals surface area contributed by atoms with Crippen molar-refractivity contribution in [1.29, 1.82) is 0 Å². The van der Waals surface area contributed by atoms with Crippen LogP contribution in [-0.4, -0.2) is 27.7 Å². The lowest BCUT2D eigenvalue weighted by atomic mass is 10.1. The number of anilines is 1. The first-order chi connectivity index (χ1) is 16.7. The van der Waals surface area contributed by atoms with E-state index in [2.05, 4.69) is 33.8 Å². The van der Waals surface area contributed by atoms with Crippen molar-refractivity contribution in [3.8, 4) is 0 Å². The molecule has 182 valence electrons. The normalized spacial score (nSPS) is 11.6. The van der Waals surface area contributed by atoms with E-state index in [-0.39, 0.29) is 12.5 Å². The van der Waals surface area contributed by atoms with E-state index >= 15 is 0 Å². The zero-order valence-electron chi connectivity index (χ0n) is 19.9. The van der Waals surface area contributed by atoms with E-state index in [0.717, 1.165) is 34.6 Å². The van der Waals surface area contributed by atoms with Gasteiger partial charge in [-0.1, -0.05) is 53.5 Å². The first-order valence-corrected chi connectivity index (χ1v) is 12.8. The van der Waals surface area contributed by atoms with E-state index in [1.165, 1.54) is 17.5 Å². The van der Waals surface area contributed by atoms with Crippen molar-refractivity contribution in [2.75, 3.05) is 10.8 Å². The van der Waals surface area contributed by atoms with Crippen molar-refractivity contribution < 1.29 is 9.53 Å². The highest BCUT2D eigenvalue weighted by Gasteiger charge is 2.21. The van der Waals surface area contributed by atoms with Gasteiger partial charge in [0.25, 0.3) is 0 Å². The smallest absolute Gasteiger partial charge is 0.327 e. The van der Waals surface area contributed by atoms with Crippen molar-refractivity contribution in [3.05, 3.63) is 88.7 Å². The number of aromatic nitrogens is 2. The average molecular weight is 529 g/mol. The number of carbonyl (C=O) groups is 1. The number of ether oxygens (including phenoxy) is 1. The van der Waals surface area contributed by atoms with E-state index in [1.807, 2.05) is 67.8 Å². The number of halogens is 2. The van der Waals surface area contributed by atoms with Crippen LogP contribution in [0.15, 0.2) is 78.0 Å². The molecule has 0 saturated heterocycles. The van der Waals surface area contributed by atoms with E-state index in [0.29, 0.717) is 10.0 Å². The Labute approximate surface area is 220 Å². The molecule has 5 nitrogen and oxygen atoms in total. The highest BCUT2D eigenvalue weighted by Crippen LogP contribution is 2.34. The molecular formula is C27H27Cl2N3O2S. The first-order valence-electron chi connectivity index (χ1n) is 11.3. The molecule has 0 amide bonds. The molecule has 0 aliphatic heterocycles. The molecule has 4 rings (SSSR count). The fourth-order valence-electron chi connectivity index (χ4n) is 3.66. The minimum atomic E-state index is -0.575. The molecule has 0 unspecified atom stereocenters. The van der Waals surface area contributed by atoms with Crippen LogP contribution in [-0.2, 0) is 22.5 Å². The summed E-state index contributed by atoms with van der Waals surface area (Å²) in [7, 11) is 0. The summed E-state index contributed by atoms with van der Waals surface area (Å²) >= 11 is 13.8. The number of imidazole rings is 1. The van der Waals surface area contributed by atoms with Gasteiger partial charge in [0, 0.05) is 21.5 Å². The molecule has 0 bridgehead atoms. The maximum Gasteiger partial charge on any atom is 0.327 e. The van der Waals surface area contributed by atoms with E-state index in [9.17, 15) is 4.79 Å². The molecule has 0 fully saturated rings. The Kier molecular flexibility index (Phi) is 7.95. The molecule has 1 heterocycles. The summed E-state index contributed by atoms with van der Waals surface area (Å²) in [5, 5.41) is 1.06. The molecule has 0 radical (unpaired) electrons. The number of nitrogens with zero attached hydrogens (tertiary/aromatic N) is 3. The van der Waals surface area contributed by atoms with Gasteiger partial charge in [-0.2, -0.15) is 0 Å². The van der Waals surface area contributed by atoms with E-state index in [1.54, 1.807) is 6.07 Å². The number of esters is 1. The number of hydrogen-bond donors (Lipinski definition) is 0. The second-order valence-corrected chi connectivity index (χ2v) is 11.1. The van der Waals surface area contributed by atoms with Gasteiger partial charge >= 0.3 is 5.97 Å². The summed E-state index contributed by atoms with van der Waals surface area (Å²) in [6.07, 6.45) is 2.78. The van der Waals surface area contributed by atoms with Gasteiger partial charge in [-0.25, -0.2) is 4.98 Å². The third-order valence-electron chi connectivity index (χ3n) is 5.12. The Morgan fingerprint density at radius 3 is 2.43 bits per heavy atom. The van der Waals surface area contributed by atoms with Crippen LogP contribution in [0.5, 0.6) is 0 Å². The monoisotopic (exact) mass is 527 g/mol. The Hall–Kier alpha value is -2.67. The standard InChI is InChI=1S/C27H27Cl2N3O2S/c1-27(2,3)34-26(33)17-32(35-23-14-20(28)13-21(29)15-23)22-9-10-25-24(16-22)30-18-31(25)12-11-19-7-5-4-6-8-19/h4-10,13-16,18H,11-12,17H2,1-3H3. The zero-order valence-corrected chi connectivity index (χ0v) is 22.2. The maximum absolute atomic E-state index is 12.7. The van der Waals surface area contributed by atoms with Gasteiger partial charge in [0.1, 0.15) is 12.1 Å². The second kappa shape index (κ2) is 10.9. The van der Waals surface area contributed by atoms with Crippen molar-refractivity contribution in [3.63, 3.8) is 0 Å². The van der Waals surface area contributed by atoms with Crippen molar-refractivity contribution in [2.24, 2.45) is 0 Å². The van der Waals surface area contributed by atoms with Crippen LogP contribution in [0.1, 0.15) is 26.3 Å². The minimum absolute atomic E-state index is 0.0479. The number of benzene rings is 3. The van der Waals surface area contributed by atoms with Crippen LogP contribution in [0.2, 0.25) is 10.0 Å². The lowest BCUT2D eigenvalue weighted by molar-refractivity contribution is -0.152. The van der Waals surface area contributed by atoms with Gasteiger partial charge < -0.3 is 13.6 Å². The molecule has 0 saturated carbocycles. The largest absolute Gasteiger partial charge is 0.459 e. The van der Waals surface area contributed by atoms with Crippen LogP contribution in [0, 0.1) is 0 Å². The number of hydrogen-bond acceptors (Lipinski definition) is 5. The van der Waals surface area contributed by atoms with Gasteiger partial charge in [0.15, 0.2) is 0 Å². The molecule has 0 atom stereocenters. The van der Waals surface area contributed by atoms with E-state index in [4.69, 9.17) is 27.9 Å². The third-order valence-corrected chi connectivity index (χ3v) is 6.56. The third kappa shape index (κ3) is 7.17. The average Bonchev–Trinajstić information content (AvgIpc) is 3.18. The summed E-state index contributed by atoms with van der Waals surface area (Å²) in [5.74, 6) is -0.327. The molecule has 35 heavy (non-hydrogen) atoms. The highest BCUT2D eigenvalue weighted by atomic mass is 35.5. The van der Waals surface area contributed by atoms with Crippen LogP contribution < -0.4 is 4.31 Å².